The van der Waals surface area contributed by atoms with Gasteiger partial charge in [-0.3, -0.25) is 14.9 Å². The van der Waals surface area contributed by atoms with Crippen LogP contribution >= 0.6 is 0 Å². The van der Waals surface area contributed by atoms with E-state index in [-0.39, 0.29) is 18.2 Å². The molecule has 3 rings (SSSR count). The van der Waals surface area contributed by atoms with Gasteiger partial charge in [0.15, 0.2) is 6.61 Å². The van der Waals surface area contributed by atoms with Gasteiger partial charge in [-0.15, -0.1) is 0 Å². The smallest absolute Gasteiger partial charge is 0.331 e. The Hall–Kier alpha value is -3.48. The first-order valence-corrected chi connectivity index (χ1v) is 9.92. The number of carbonyl (C=O) groups excluding carboxylic acids is 2. The summed E-state index contributed by atoms with van der Waals surface area (Å²) < 4.78 is 5.04. The predicted octanol–water partition coefficient (Wildman–Crippen LogP) is 3.63. The van der Waals surface area contributed by atoms with Crippen molar-refractivity contribution < 1.29 is 19.2 Å². The lowest BCUT2D eigenvalue weighted by Crippen LogP contribution is -2.41. The Bertz CT molecular complexity index is 901. The molecule has 0 saturated carbocycles. The highest BCUT2D eigenvalue weighted by Crippen LogP contribution is 2.21. The molecule has 0 radical (unpaired) electrons. The highest BCUT2D eigenvalue weighted by atomic mass is 16.6. The number of piperidine rings is 1. The summed E-state index contributed by atoms with van der Waals surface area (Å²) in [6.45, 7) is 1.06. The molecule has 156 valence electrons. The van der Waals surface area contributed by atoms with Gasteiger partial charge in [0.25, 0.3) is 11.6 Å². The van der Waals surface area contributed by atoms with Gasteiger partial charge in [-0.2, -0.15) is 0 Å². The third kappa shape index (κ3) is 6.27. The van der Waals surface area contributed by atoms with Crippen LogP contribution in [-0.4, -0.2) is 41.4 Å². The zero-order chi connectivity index (χ0) is 21.3. The molecule has 1 heterocycles. The van der Waals surface area contributed by atoms with Crippen LogP contribution in [0.1, 0.15) is 24.0 Å². The van der Waals surface area contributed by atoms with Gasteiger partial charge in [0.2, 0.25) is 0 Å². The minimum absolute atomic E-state index is 0.0205. The van der Waals surface area contributed by atoms with Crippen molar-refractivity contribution in [3.63, 3.8) is 0 Å². The van der Waals surface area contributed by atoms with Crippen LogP contribution in [0.3, 0.4) is 0 Å². The third-order valence-corrected chi connectivity index (χ3v) is 5.19. The number of carbonyl (C=O) groups is 2. The van der Waals surface area contributed by atoms with Gasteiger partial charge in [-0.1, -0.05) is 30.3 Å². The monoisotopic (exact) mass is 408 g/mol. The van der Waals surface area contributed by atoms with E-state index in [1.165, 1.54) is 42.0 Å². The van der Waals surface area contributed by atoms with Crippen molar-refractivity contribution in [2.75, 3.05) is 19.7 Å². The molecule has 0 aliphatic carbocycles. The number of nitrogens with zero attached hydrogens (tertiary/aromatic N) is 2. The zero-order valence-electron chi connectivity index (χ0n) is 16.6. The Morgan fingerprint density at radius 1 is 1.07 bits per heavy atom. The van der Waals surface area contributed by atoms with Gasteiger partial charge in [0.05, 0.1) is 4.92 Å². The topological polar surface area (TPSA) is 89.7 Å². The fraction of sp³-hybridized carbons (Fsp3) is 0.304. The number of ether oxygens (including phenoxy) is 1. The fourth-order valence-corrected chi connectivity index (χ4v) is 3.48. The quantitative estimate of drug-likeness (QED) is 0.302. The first-order chi connectivity index (χ1) is 14.5. The molecule has 0 aromatic heterocycles. The van der Waals surface area contributed by atoms with Crippen molar-refractivity contribution in [2.45, 2.75) is 19.3 Å². The summed E-state index contributed by atoms with van der Waals surface area (Å²) in [5.41, 5.74) is 1.92. The number of hydrogen-bond acceptors (Lipinski definition) is 5. The number of nitro benzene ring substituents is 1. The summed E-state index contributed by atoms with van der Waals surface area (Å²) in [4.78, 5) is 36.0. The number of benzene rings is 2. The fourth-order valence-electron chi connectivity index (χ4n) is 3.48. The van der Waals surface area contributed by atoms with Crippen molar-refractivity contribution >= 4 is 23.6 Å². The number of non-ortho nitro benzene ring substituents is 1. The summed E-state index contributed by atoms with van der Waals surface area (Å²) in [6.07, 6.45) is 5.60. The van der Waals surface area contributed by atoms with Crippen LogP contribution in [0, 0.1) is 16.0 Å². The number of hydrogen-bond donors (Lipinski definition) is 0. The summed E-state index contributed by atoms with van der Waals surface area (Å²) in [6, 6.07) is 16.1. The second-order valence-corrected chi connectivity index (χ2v) is 7.30. The number of esters is 1. The van der Waals surface area contributed by atoms with Crippen LogP contribution < -0.4 is 0 Å². The molecular weight excluding hydrogens is 384 g/mol. The summed E-state index contributed by atoms with van der Waals surface area (Å²) in [7, 11) is 0. The average molecular weight is 408 g/mol. The maximum Gasteiger partial charge on any atom is 0.331 e. The van der Waals surface area contributed by atoms with Crippen LogP contribution in [0.15, 0.2) is 60.7 Å². The largest absolute Gasteiger partial charge is 0.452 e. The molecule has 1 amide bonds. The van der Waals surface area contributed by atoms with E-state index in [9.17, 15) is 19.7 Å². The Morgan fingerprint density at radius 3 is 2.37 bits per heavy atom. The normalized spacial score (nSPS) is 14.6. The lowest BCUT2D eigenvalue weighted by atomic mass is 9.90. The van der Waals surface area contributed by atoms with Crippen LogP contribution in [0.4, 0.5) is 5.69 Å². The van der Waals surface area contributed by atoms with Gasteiger partial charge in [0, 0.05) is 31.3 Å². The highest BCUT2D eigenvalue weighted by Gasteiger charge is 2.23. The Labute approximate surface area is 175 Å². The highest BCUT2D eigenvalue weighted by molar-refractivity contribution is 5.89. The molecule has 0 N–H and O–H groups in total. The van der Waals surface area contributed by atoms with E-state index in [1.54, 1.807) is 4.90 Å². The van der Waals surface area contributed by atoms with E-state index in [4.69, 9.17) is 4.74 Å². The van der Waals surface area contributed by atoms with E-state index in [0.717, 1.165) is 19.3 Å². The van der Waals surface area contributed by atoms with Crippen LogP contribution in [0.5, 0.6) is 0 Å². The summed E-state index contributed by atoms with van der Waals surface area (Å²) in [5.74, 6) is -0.255. The molecule has 0 atom stereocenters. The van der Waals surface area contributed by atoms with Gasteiger partial charge in [-0.25, -0.2) is 4.79 Å². The van der Waals surface area contributed by atoms with Crippen molar-refractivity contribution in [1.82, 2.24) is 4.90 Å². The summed E-state index contributed by atoms with van der Waals surface area (Å²) in [5, 5.41) is 10.6. The molecule has 1 saturated heterocycles. The molecule has 2 aromatic carbocycles. The van der Waals surface area contributed by atoms with E-state index in [1.807, 2.05) is 18.2 Å². The Kier molecular flexibility index (Phi) is 7.32. The Morgan fingerprint density at radius 2 is 1.73 bits per heavy atom. The first-order valence-electron chi connectivity index (χ1n) is 9.92. The number of likely N-dealkylation sites (tertiary alicyclic amines) is 1. The molecule has 1 aliphatic rings. The molecule has 0 unspecified atom stereocenters. The van der Waals surface area contributed by atoms with Crippen LogP contribution in [-0.2, 0) is 20.7 Å². The Balaban J connectivity index is 1.39. The molecular formula is C23H24N2O5. The first kappa shape index (κ1) is 21.2. The molecule has 30 heavy (non-hydrogen) atoms. The third-order valence-electron chi connectivity index (χ3n) is 5.19. The zero-order valence-corrected chi connectivity index (χ0v) is 16.6. The van der Waals surface area contributed by atoms with Crippen LogP contribution in [0.25, 0.3) is 6.08 Å². The van der Waals surface area contributed by atoms with Crippen molar-refractivity contribution in [1.29, 1.82) is 0 Å². The molecule has 0 spiro atoms. The maximum absolute atomic E-state index is 12.3. The molecule has 2 aromatic rings. The maximum atomic E-state index is 12.3. The van der Waals surface area contributed by atoms with E-state index in [0.29, 0.717) is 24.6 Å². The molecule has 0 bridgehead atoms. The molecule has 7 heteroatoms. The SMILES string of the molecule is O=C(/C=C/c1ccc([N+](=O)[O-])cc1)OCC(=O)N1CCC(Cc2ccccc2)CC1. The lowest BCUT2D eigenvalue weighted by Gasteiger charge is -2.32. The lowest BCUT2D eigenvalue weighted by molar-refractivity contribution is -0.384. The molecule has 1 aliphatic heterocycles. The van der Waals surface area contributed by atoms with Gasteiger partial charge in [-0.05, 0) is 54.5 Å². The standard InChI is InChI=1S/C23H24N2O5/c26-22(24-14-12-20(13-15-24)16-19-4-2-1-3-5-19)17-30-23(27)11-8-18-6-9-21(10-7-18)25(28)29/h1-11,20H,12-17H2/b11-8+. The van der Waals surface area contributed by atoms with Crippen molar-refractivity contribution in [3.05, 3.63) is 81.9 Å². The number of amides is 1. The van der Waals surface area contributed by atoms with Crippen LogP contribution in [0.2, 0.25) is 0 Å². The predicted molar refractivity (Wildman–Crippen MR) is 113 cm³/mol. The second-order valence-electron chi connectivity index (χ2n) is 7.30. The molecule has 1 fully saturated rings. The van der Waals surface area contributed by atoms with Crippen molar-refractivity contribution in [2.24, 2.45) is 5.92 Å². The van der Waals surface area contributed by atoms with E-state index >= 15 is 0 Å². The van der Waals surface area contributed by atoms with Gasteiger partial charge < -0.3 is 9.64 Å². The average Bonchev–Trinajstić information content (AvgIpc) is 2.77. The van der Waals surface area contributed by atoms with Gasteiger partial charge in [0.1, 0.15) is 0 Å². The number of rotatable bonds is 7. The minimum atomic E-state index is -0.624. The second kappa shape index (κ2) is 10.3. The van der Waals surface area contributed by atoms with Gasteiger partial charge >= 0.3 is 5.97 Å². The van der Waals surface area contributed by atoms with E-state index in [2.05, 4.69) is 12.1 Å². The summed E-state index contributed by atoms with van der Waals surface area (Å²) >= 11 is 0. The number of nitro groups is 1. The van der Waals surface area contributed by atoms with E-state index < -0.39 is 10.9 Å². The molecule has 7 nitrogen and oxygen atoms in total. The minimum Gasteiger partial charge on any atom is -0.452 e. The van der Waals surface area contributed by atoms with Crippen molar-refractivity contribution in [3.8, 4) is 0 Å².